The number of rotatable bonds is 19. The molecule has 6 rings (SSSR count). The van der Waals surface area contributed by atoms with Crippen LogP contribution in [0.25, 0.3) is 21.9 Å². The number of fused-ring (bicyclic) bond motifs is 1. The highest BCUT2D eigenvalue weighted by Crippen LogP contribution is 2.25. The Morgan fingerprint density at radius 1 is 0.696 bits per heavy atom. The van der Waals surface area contributed by atoms with Gasteiger partial charge < -0.3 is 37.1 Å². The normalized spacial score (nSPS) is 12.9. The smallest absolute Gasteiger partial charge is 0.408 e. The summed E-state index contributed by atoms with van der Waals surface area (Å²) in [5.41, 5.74) is 12.0. The van der Waals surface area contributed by atoms with Crippen molar-refractivity contribution in [1.82, 2.24) is 32.0 Å². The van der Waals surface area contributed by atoms with E-state index in [-0.39, 0.29) is 19.4 Å². The molecule has 0 aliphatic heterocycles. The quantitative estimate of drug-likeness (QED) is 0.0142. The molecule has 0 heterocycles. The second kappa shape index (κ2) is 24.3. The van der Waals surface area contributed by atoms with Crippen LogP contribution in [0.5, 0.6) is 0 Å². The summed E-state index contributed by atoms with van der Waals surface area (Å²) in [5.74, 6) is -1.70. The van der Waals surface area contributed by atoms with E-state index in [1.54, 1.807) is 32.9 Å². The van der Waals surface area contributed by atoms with Crippen molar-refractivity contribution < 1.29 is 28.9 Å². The number of amides is 5. The third-order valence-corrected chi connectivity index (χ3v) is 10.7. The van der Waals surface area contributed by atoms with Crippen molar-refractivity contribution in [3.05, 3.63) is 190 Å². The summed E-state index contributed by atoms with van der Waals surface area (Å²) in [6.07, 6.45) is 1.03. The van der Waals surface area contributed by atoms with Crippen molar-refractivity contribution in [2.45, 2.75) is 69.8 Å². The number of guanidine groups is 1. The van der Waals surface area contributed by atoms with E-state index in [0.29, 0.717) is 12.0 Å². The summed E-state index contributed by atoms with van der Waals surface area (Å²) < 4.78 is 5.57. The number of nitro groups is 1. The van der Waals surface area contributed by atoms with Gasteiger partial charge in [-0.1, -0.05) is 158 Å². The molecular weight excluding hydrogens is 877 g/mol. The number of nitrogens with two attached hydrogens (primary N) is 1. The molecule has 0 saturated heterocycles. The maximum Gasteiger partial charge on any atom is 0.408 e. The fraction of sp³-hybridized carbons (Fsp3) is 0.231. The van der Waals surface area contributed by atoms with Crippen molar-refractivity contribution in [2.24, 2.45) is 15.9 Å². The zero-order chi connectivity index (χ0) is 49.2. The maximum atomic E-state index is 14.7. The number of carbonyl (C=O) groups excluding carboxylic acids is 4. The minimum Gasteiger partial charge on any atom is -0.444 e. The lowest BCUT2D eigenvalue weighted by Gasteiger charge is -2.26. The summed E-state index contributed by atoms with van der Waals surface area (Å²) in [6.45, 7) is 5.25. The van der Waals surface area contributed by atoms with Gasteiger partial charge in [-0.15, -0.1) is 0 Å². The summed E-state index contributed by atoms with van der Waals surface area (Å²) in [4.78, 5) is 66.9. The first-order valence-electron chi connectivity index (χ1n) is 22.4. The number of carbonyl (C=O) groups is 4. The van der Waals surface area contributed by atoms with Gasteiger partial charge in [-0.3, -0.25) is 9.59 Å². The van der Waals surface area contributed by atoms with E-state index in [0.717, 1.165) is 38.6 Å². The topological polar surface area (TPSA) is 244 Å². The van der Waals surface area contributed by atoms with Crippen LogP contribution in [0.3, 0.4) is 0 Å². The fourth-order valence-electron chi connectivity index (χ4n) is 7.51. The number of nitrogens with one attached hydrogen (secondary N) is 6. The van der Waals surface area contributed by atoms with E-state index in [2.05, 4.69) is 42.2 Å². The molecule has 0 saturated carbocycles. The van der Waals surface area contributed by atoms with Crippen LogP contribution in [-0.4, -0.2) is 65.4 Å². The van der Waals surface area contributed by atoms with Crippen molar-refractivity contribution in [1.29, 1.82) is 0 Å². The molecule has 0 aliphatic rings. The van der Waals surface area contributed by atoms with Gasteiger partial charge in [0.2, 0.25) is 11.8 Å². The van der Waals surface area contributed by atoms with Crippen LogP contribution >= 0.6 is 0 Å². The van der Waals surface area contributed by atoms with Gasteiger partial charge in [0.25, 0.3) is 5.96 Å². The van der Waals surface area contributed by atoms with Gasteiger partial charge in [0.05, 0.1) is 12.1 Å². The van der Waals surface area contributed by atoms with Crippen LogP contribution in [0.1, 0.15) is 68.0 Å². The predicted octanol–water partition coefficient (Wildman–Crippen LogP) is 7.24. The minimum absolute atomic E-state index is 0.0331. The summed E-state index contributed by atoms with van der Waals surface area (Å²) in [6, 6.07) is 44.5. The van der Waals surface area contributed by atoms with E-state index in [9.17, 15) is 29.3 Å². The van der Waals surface area contributed by atoms with E-state index in [1.807, 2.05) is 146 Å². The van der Waals surface area contributed by atoms with E-state index in [4.69, 9.17) is 10.5 Å². The lowest BCUT2D eigenvalue weighted by Crippen LogP contribution is -2.54. The number of hydrazone groups is 2. The second-order valence-electron chi connectivity index (χ2n) is 17.0. The van der Waals surface area contributed by atoms with E-state index < -0.39 is 64.7 Å². The number of nitrogens with zero attached hydrogens (tertiary/aromatic N) is 3. The number of ether oxygens (including phenoxy) is 1. The van der Waals surface area contributed by atoms with Crippen molar-refractivity contribution in [2.75, 3.05) is 6.54 Å². The molecule has 0 aliphatic carbocycles. The zero-order valence-electron chi connectivity index (χ0n) is 38.5. The highest BCUT2D eigenvalue weighted by Gasteiger charge is 2.31. The van der Waals surface area contributed by atoms with Gasteiger partial charge in [-0.05, 0) is 77.8 Å². The first-order chi connectivity index (χ1) is 33.2. The van der Waals surface area contributed by atoms with Gasteiger partial charge in [-0.2, -0.15) is 5.10 Å². The molecule has 0 radical (unpaired) electrons. The number of benzene rings is 6. The Bertz CT molecular complexity index is 2690. The Kier molecular flexibility index (Phi) is 17.5. The predicted molar refractivity (Wildman–Crippen MR) is 266 cm³/mol. The molecule has 356 valence electrons. The Hall–Kier alpha value is -8.60. The van der Waals surface area contributed by atoms with Gasteiger partial charge in [-0.25, -0.2) is 25.1 Å². The van der Waals surface area contributed by atoms with Crippen LogP contribution in [0.4, 0.5) is 9.59 Å². The van der Waals surface area contributed by atoms with Crippen molar-refractivity contribution in [3.63, 3.8) is 0 Å². The SMILES string of the molecule is CC(C)(C)OC(=O)N[C@H](C(=O)NC(Cc1cccc2ccccc12)C(=O)NC(/C=N/NC(=O)NC(c1ccccc1)c1ccccc1)CCCN/C(N)=N\[N+](=O)[O-])c1ccc(-c2ccccc2)cc1. The molecular formula is C52H56N10O7. The van der Waals surface area contributed by atoms with Crippen molar-refractivity contribution >= 4 is 46.9 Å². The Morgan fingerprint density at radius 3 is 1.93 bits per heavy atom. The van der Waals surface area contributed by atoms with Crippen LogP contribution in [0.2, 0.25) is 0 Å². The number of hydrogen-bond donors (Lipinski definition) is 7. The largest absolute Gasteiger partial charge is 0.444 e. The second-order valence-corrected chi connectivity index (χ2v) is 17.0. The molecule has 2 unspecified atom stereocenters. The Morgan fingerprint density at radius 2 is 1.29 bits per heavy atom. The first-order valence-corrected chi connectivity index (χ1v) is 22.4. The molecule has 0 fully saturated rings. The lowest BCUT2D eigenvalue weighted by molar-refractivity contribution is -0.485. The van der Waals surface area contributed by atoms with Gasteiger partial charge in [0, 0.05) is 19.2 Å². The Labute approximate surface area is 400 Å². The molecule has 69 heavy (non-hydrogen) atoms. The van der Waals surface area contributed by atoms with Crippen LogP contribution in [0, 0.1) is 10.1 Å². The maximum absolute atomic E-state index is 14.7. The van der Waals surface area contributed by atoms with Gasteiger partial charge in [0.15, 0.2) is 5.03 Å². The molecule has 6 aromatic rings. The number of hydrogen-bond acceptors (Lipinski definition) is 8. The molecule has 3 atom stereocenters. The molecule has 0 bridgehead atoms. The molecule has 5 amide bonds. The van der Waals surface area contributed by atoms with Gasteiger partial charge >= 0.3 is 12.1 Å². The number of urea groups is 1. The molecule has 17 heteroatoms. The fourth-order valence-corrected chi connectivity index (χ4v) is 7.51. The number of alkyl carbamates (subject to hydrolysis) is 1. The molecule has 0 aromatic heterocycles. The molecule has 8 N–H and O–H groups in total. The molecule has 6 aromatic carbocycles. The summed E-state index contributed by atoms with van der Waals surface area (Å²) >= 11 is 0. The van der Waals surface area contributed by atoms with Gasteiger partial charge in [0.1, 0.15) is 22.8 Å². The summed E-state index contributed by atoms with van der Waals surface area (Å²) in [7, 11) is 0. The average molecular weight is 933 g/mol. The lowest BCUT2D eigenvalue weighted by atomic mass is 9.97. The third-order valence-electron chi connectivity index (χ3n) is 10.7. The van der Waals surface area contributed by atoms with E-state index in [1.165, 1.54) is 6.21 Å². The highest BCUT2D eigenvalue weighted by atomic mass is 16.7. The van der Waals surface area contributed by atoms with Crippen LogP contribution in [0.15, 0.2) is 168 Å². The first kappa shape index (κ1) is 49.8. The molecule has 0 spiro atoms. The highest BCUT2D eigenvalue weighted by molar-refractivity contribution is 5.94. The Balaban J connectivity index is 1.28. The standard InChI is InChI=1S/C52H56N10O7/c1-52(2,3)69-51(66)59-46(40-30-28-36(29-31-40)35-17-7-4-8-18-35)48(64)57-44(33-41-25-15-24-37-19-13-14-27-43(37)41)47(63)56-42(26-16-32-54-49(53)61-62(67)68)34-55-60-50(65)58-45(38-20-9-5-10-21-38)39-22-11-6-12-23-39/h4-15,17-25,27-31,34,42,44-46H,16,26,32-33H2,1-3H3,(H,56,63)(H,57,64)(H,59,66)(H3,53,54,61)(H2,58,60,65)/b55-34+/t42?,44?,46-/m0/s1. The van der Waals surface area contributed by atoms with Crippen molar-refractivity contribution in [3.8, 4) is 11.1 Å². The monoisotopic (exact) mass is 932 g/mol. The molecule has 17 nitrogen and oxygen atoms in total. The van der Waals surface area contributed by atoms with Crippen LogP contribution < -0.4 is 37.7 Å². The van der Waals surface area contributed by atoms with Crippen LogP contribution in [-0.2, 0) is 20.7 Å². The zero-order valence-corrected chi connectivity index (χ0v) is 38.5. The summed E-state index contributed by atoms with van der Waals surface area (Å²) in [5, 5.41) is 33.2. The average Bonchev–Trinajstić information content (AvgIpc) is 3.33. The minimum atomic E-state index is -1.29. The third kappa shape index (κ3) is 15.5. The van der Waals surface area contributed by atoms with E-state index >= 15 is 0 Å².